The summed E-state index contributed by atoms with van der Waals surface area (Å²) in [7, 11) is 0. The van der Waals surface area contributed by atoms with Gasteiger partial charge in [0, 0.05) is 6.61 Å². The molecule has 3 fully saturated rings. The van der Waals surface area contributed by atoms with Gasteiger partial charge < -0.3 is 10.5 Å². The Labute approximate surface area is 98.9 Å². The fourth-order valence-electron chi connectivity index (χ4n) is 4.54. The monoisotopic (exact) mass is 223 g/mol. The van der Waals surface area contributed by atoms with Gasteiger partial charge in [-0.3, -0.25) is 0 Å². The second kappa shape index (κ2) is 4.30. The fourth-order valence-corrected chi connectivity index (χ4v) is 4.54. The molecule has 4 atom stereocenters. The standard InChI is InChI=1S/C14H25NO/c15-10-14(6-5-13-2-1-7-16-13)9-11-3-4-12(14)8-11/h11-13H,1-10,15H2. The molecular formula is C14H25NO. The molecule has 16 heavy (non-hydrogen) atoms. The van der Waals surface area contributed by atoms with Gasteiger partial charge in [0.05, 0.1) is 6.10 Å². The zero-order valence-corrected chi connectivity index (χ0v) is 10.3. The third-order valence-corrected chi connectivity index (χ3v) is 5.50. The van der Waals surface area contributed by atoms with Gasteiger partial charge in [-0.05, 0) is 68.7 Å². The highest BCUT2D eigenvalue weighted by Gasteiger charge is 2.49. The van der Waals surface area contributed by atoms with E-state index in [2.05, 4.69) is 0 Å². The molecule has 0 radical (unpaired) electrons. The Morgan fingerprint density at radius 3 is 2.75 bits per heavy atom. The van der Waals surface area contributed by atoms with Crippen LogP contribution in [0.1, 0.15) is 51.4 Å². The molecule has 1 heterocycles. The Bertz CT molecular complexity index is 249. The first-order valence-electron chi connectivity index (χ1n) is 7.14. The summed E-state index contributed by atoms with van der Waals surface area (Å²) in [6, 6.07) is 0. The minimum Gasteiger partial charge on any atom is -0.378 e. The van der Waals surface area contributed by atoms with Crippen LogP contribution in [0.5, 0.6) is 0 Å². The zero-order chi connectivity index (χ0) is 11.0. The van der Waals surface area contributed by atoms with Crippen molar-refractivity contribution >= 4 is 0 Å². The van der Waals surface area contributed by atoms with Gasteiger partial charge >= 0.3 is 0 Å². The topological polar surface area (TPSA) is 35.2 Å². The molecular weight excluding hydrogens is 198 g/mol. The van der Waals surface area contributed by atoms with Crippen molar-refractivity contribution in [3.05, 3.63) is 0 Å². The van der Waals surface area contributed by atoms with E-state index in [1.165, 1.54) is 51.4 Å². The van der Waals surface area contributed by atoms with Gasteiger partial charge in [0.25, 0.3) is 0 Å². The van der Waals surface area contributed by atoms with Crippen molar-refractivity contribution in [3.63, 3.8) is 0 Å². The van der Waals surface area contributed by atoms with Crippen molar-refractivity contribution in [1.82, 2.24) is 0 Å². The Hall–Kier alpha value is -0.0800. The molecule has 2 saturated carbocycles. The predicted molar refractivity (Wildman–Crippen MR) is 65.1 cm³/mol. The van der Waals surface area contributed by atoms with E-state index in [-0.39, 0.29) is 0 Å². The van der Waals surface area contributed by atoms with E-state index in [0.29, 0.717) is 11.5 Å². The SMILES string of the molecule is NCC1(CCC2CCCO2)CC2CCC1C2. The van der Waals surface area contributed by atoms with E-state index < -0.39 is 0 Å². The van der Waals surface area contributed by atoms with Crippen LogP contribution in [0.25, 0.3) is 0 Å². The smallest absolute Gasteiger partial charge is 0.0576 e. The summed E-state index contributed by atoms with van der Waals surface area (Å²) in [4.78, 5) is 0. The van der Waals surface area contributed by atoms with Gasteiger partial charge in [-0.1, -0.05) is 6.42 Å². The molecule has 3 rings (SSSR count). The molecule has 1 aliphatic heterocycles. The summed E-state index contributed by atoms with van der Waals surface area (Å²) < 4.78 is 5.74. The van der Waals surface area contributed by atoms with Crippen LogP contribution in [0.2, 0.25) is 0 Å². The largest absolute Gasteiger partial charge is 0.378 e. The van der Waals surface area contributed by atoms with E-state index in [1.54, 1.807) is 0 Å². The van der Waals surface area contributed by atoms with Crippen LogP contribution in [-0.2, 0) is 4.74 Å². The molecule has 0 aromatic carbocycles. The summed E-state index contributed by atoms with van der Waals surface area (Å²) in [5, 5.41) is 0. The number of hydrogen-bond acceptors (Lipinski definition) is 2. The maximum atomic E-state index is 6.10. The second-order valence-corrected chi connectivity index (χ2v) is 6.32. The molecule has 1 saturated heterocycles. The average molecular weight is 223 g/mol. The van der Waals surface area contributed by atoms with E-state index in [9.17, 15) is 0 Å². The fraction of sp³-hybridized carbons (Fsp3) is 1.00. The number of ether oxygens (including phenoxy) is 1. The molecule has 2 aliphatic carbocycles. The summed E-state index contributed by atoms with van der Waals surface area (Å²) in [6.45, 7) is 1.91. The maximum absolute atomic E-state index is 6.10. The van der Waals surface area contributed by atoms with Gasteiger partial charge in [-0.15, -0.1) is 0 Å². The van der Waals surface area contributed by atoms with Crippen molar-refractivity contribution in [2.45, 2.75) is 57.5 Å². The Morgan fingerprint density at radius 1 is 1.25 bits per heavy atom. The lowest BCUT2D eigenvalue weighted by Crippen LogP contribution is -2.36. The van der Waals surface area contributed by atoms with Crippen LogP contribution < -0.4 is 5.73 Å². The minimum absolute atomic E-state index is 0.509. The van der Waals surface area contributed by atoms with Crippen LogP contribution in [0.3, 0.4) is 0 Å². The van der Waals surface area contributed by atoms with Crippen molar-refractivity contribution in [2.75, 3.05) is 13.2 Å². The van der Waals surface area contributed by atoms with Crippen LogP contribution in [0.4, 0.5) is 0 Å². The maximum Gasteiger partial charge on any atom is 0.0576 e. The molecule has 2 bridgehead atoms. The predicted octanol–water partition coefficient (Wildman–Crippen LogP) is 2.71. The summed E-state index contributed by atoms with van der Waals surface area (Å²) in [5.41, 5.74) is 6.61. The van der Waals surface area contributed by atoms with Gasteiger partial charge in [0.1, 0.15) is 0 Å². The van der Waals surface area contributed by atoms with Crippen LogP contribution >= 0.6 is 0 Å². The molecule has 3 aliphatic rings. The van der Waals surface area contributed by atoms with Crippen LogP contribution in [-0.4, -0.2) is 19.3 Å². The van der Waals surface area contributed by atoms with Crippen molar-refractivity contribution in [3.8, 4) is 0 Å². The molecule has 4 unspecified atom stereocenters. The first-order valence-corrected chi connectivity index (χ1v) is 7.14. The zero-order valence-electron chi connectivity index (χ0n) is 10.3. The van der Waals surface area contributed by atoms with Crippen LogP contribution in [0.15, 0.2) is 0 Å². The average Bonchev–Trinajstić information content (AvgIpc) is 3.02. The van der Waals surface area contributed by atoms with Crippen molar-refractivity contribution < 1.29 is 4.74 Å². The molecule has 2 heteroatoms. The molecule has 0 aromatic heterocycles. The van der Waals surface area contributed by atoms with E-state index in [0.717, 1.165) is 25.0 Å². The minimum atomic E-state index is 0.509. The third-order valence-electron chi connectivity index (χ3n) is 5.50. The summed E-state index contributed by atoms with van der Waals surface area (Å²) in [5.74, 6) is 1.96. The Kier molecular flexibility index (Phi) is 2.97. The lowest BCUT2D eigenvalue weighted by molar-refractivity contribution is 0.0731. The molecule has 2 nitrogen and oxygen atoms in total. The quantitative estimate of drug-likeness (QED) is 0.795. The van der Waals surface area contributed by atoms with Gasteiger partial charge in [-0.2, -0.15) is 0 Å². The first kappa shape index (κ1) is 11.0. The summed E-state index contributed by atoms with van der Waals surface area (Å²) in [6.07, 6.45) is 11.5. The lowest BCUT2D eigenvalue weighted by Gasteiger charge is -2.37. The molecule has 0 amide bonds. The van der Waals surface area contributed by atoms with E-state index >= 15 is 0 Å². The van der Waals surface area contributed by atoms with E-state index in [4.69, 9.17) is 10.5 Å². The first-order chi connectivity index (χ1) is 7.82. The highest BCUT2D eigenvalue weighted by molar-refractivity contribution is 5.01. The van der Waals surface area contributed by atoms with Crippen molar-refractivity contribution in [1.29, 1.82) is 0 Å². The molecule has 0 aromatic rings. The Balaban J connectivity index is 1.58. The highest BCUT2D eigenvalue weighted by Crippen LogP contribution is 2.57. The number of hydrogen-bond donors (Lipinski definition) is 1. The van der Waals surface area contributed by atoms with E-state index in [1.807, 2.05) is 0 Å². The third kappa shape index (κ3) is 1.80. The molecule has 0 spiro atoms. The molecule has 2 N–H and O–H groups in total. The second-order valence-electron chi connectivity index (χ2n) is 6.32. The van der Waals surface area contributed by atoms with Crippen LogP contribution in [0, 0.1) is 17.3 Å². The Morgan fingerprint density at radius 2 is 2.19 bits per heavy atom. The number of fused-ring (bicyclic) bond motifs is 2. The number of nitrogens with two attached hydrogens (primary N) is 1. The lowest BCUT2D eigenvalue weighted by atomic mass is 9.70. The van der Waals surface area contributed by atoms with Gasteiger partial charge in [0.2, 0.25) is 0 Å². The van der Waals surface area contributed by atoms with Gasteiger partial charge in [0.15, 0.2) is 0 Å². The normalized spacial score (nSPS) is 46.7. The van der Waals surface area contributed by atoms with Gasteiger partial charge in [-0.25, -0.2) is 0 Å². The number of rotatable bonds is 4. The molecule has 92 valence electrons. The summed E-state index contributed by atoms with van der Waals surface area (Å²) >= 11 is 0. The van der Waals surface area contributed by atoms with Crippen molar-refractivity contribution in [2.24, 2.45) is 23.0 Å². The highest BCUT2D eigenvalue weighted by atomic mass is 16.5.